The summed E-state index contributed by atoms with van der Waals surface area (Å²) < 4.78 is 40.1. The molecule has 4 aromatic rings. The Morgan fingerprint density at radius 1 is 1.25 bits per heavy atom. The molecule has 28 heavy (non-hydrogen) atoms. The number of pyridine rings is 1. The summed E-state index contributed by atoms with van der Waals surface area (Å²) in [5.74, 6) is -0.0460. The lowest BCUT2D eigenvalue weighted by molar-refractivity contribution is 0.569. The van der Waals surface area contributed by atoms with Gasteiger partial charge in [0.05, 0.1) is 10.2 Å². The maximum absolute atomic E-state index is 14.1. The molecule has 1 N–H and O–H groups in total. The van der Waals surface area contributed by atoms with Crippen LogP contribution in [0.4, 0.5) is 10.2 Å². The van der Waals surface area contributed by atoms with E-state index in [2.05, 4.69) is 28.4 Å². The molecule has 0 aliphatic carbocycles. The first-order valence-corrected chi connectivity index (χ1v) is 11.3. The third-order valence-corrected chi connectivity index (χ3v) is 6.82. The van der Waals surface area contributed by atoms with Crippen molar-refractivity contribution in [2.75, 3.05) is 11.6 Å². The molecule has 3 aromatic heterocycles. The SMILES string of the molecule is Cc1cc(C)c2c(n1)sc1c(NCc3ccc(S(C)(=O)=O)c(F)c3)nn(C)c12. The Kier molecular flexibility index (Phi) is 4.39. The number of hydrogen-bond acceptors (Lipinski definition) is 6. The molecule has 0 atom stereocenters. The number of aryl methyl sites for hydroxylation is 3. The average Bonchev–Trinajstić information content (AvgIpc) is 3.09. The summed E-state index contributed by atoms with van der Waals surface area (Å²) in [4.78, 5) is 5.31. The quantitative estimate of drug-likeness (QED) is 0.543. The minimum absolute atomic E-state index is 0.294. The summed E-state index contributed by atoms with van der Waals surface area (Å²) in [5, 5.41) is 8.89. The fourth-order valence-corrected chi connectivity index (χ4v) is 5.41. The fraction of sp³-hybridized carbons (Fsp3) is 0.263. The standard InChI is InChI=1S/C19H19FN4O2S2/c1-10-7-11(2)22-19-15(10)16-17(27-19)18(23-24(16)3)21-9-12-5-6-14(13(20)8-12)28(4,25)26/h5-8H,9H2,1-4H3,(H,21,23). The summed E-state index contributed by atoms with van der Waals surface area (Å²) >= 11 is 1.57. The molecule has 0 unspecified atom stereocenters. The van der Waals surface area contributed by atoms with Crippen molar-refractivity contribution in [2.45, 2.75) is 25.3 Å². The van der Waals surface area contributed by atoms with Crippen molar-refractivity contribution in [1.29, 1.82) is 0 Å². The van der Waals surface area contributed by atoms with E-state index in [0.29, 0.717) is 17.9 Å². The Bertz CT molecular complexity index is 1340. The van der Waals surface area contributed by atoms with Gasteiger partial charge in [0.1, 0.15) is 15.5 Å². The van der Waals surface area contributed by atoms with Gasteiger partial charge in [0.25, 0.3) is 0 Å². The predicted molar refractivity (Wildman–Crippen MR) is 110 cm³/mol. The maximum Gasteiger partial charge on any atom is 0.178 e. The summed E-state index contributed by atoms with van der Waals surface area (Å²) in [6, 6.07) is 6.20. The molecule has 146 valence electrons. The van der Waals surface area contributed by atoms with Crippen LogP contribution < -0.4 is 5.32 Å². The van der Waals surface area contributed by atoms with Gasteiger partial charge in [-0.05, 0) is 43.2 Å². The number of sulfone groups is 1. The molecular weight excluding hydrogens is 399 g/mol. The van der Waals surface area contributed by atoms with Gasteiger partial charge in [0.2, 0.25) is 0 Å². The second kappa shape index (κ2) is 6.52. The van der Waals surface area contributed by atoms with Gasteiger partial charge in [-0.15, -0.1) is 11.3 Å². The zero-order valence-corrected chi connectivity index (χ0v) is 17.5. The minimum Gasteiger partial charge on any atom is -0.363 e. The third-order valence-electron chi connectivity index (χ3n) is 4.61. The molecule has 0 aliphatic rings. The number of nitrogens with zero attached hydrogens (tertiary/aromatic N) is 3. The second-order valence-corrected chi connectivity index (χ2v) is 9.89. The molecule has 0 fully saturated rings. The van der Waals surface area contributed by atoms with E-state index in [1.54, 1.807) is 17.4 Å². The van der Waals surface area contributed by atoms with Crippen LogP contribution in [-0.4, -0.2) is 29.4 Å². The van der Waals surface area contributed by atoms with E-state index in [1.807, 2.05) is 18.7 Å². The van der Waals surface area contributed by atoms with E-state index >= 15 is 0 Å². The number of anilines is 1. The second-order valence-electron chi connectivity index (χ2n) is 6.90. The summed E-state index contributed by atoms with van der Waals surface area (Å²) in [6.07, 6.45) is 0.993. The smallest absolute Gasteiger partial charge is 0.178 e. The Labute approximate surface area is 165 Å². The van der Waals surface area contributed by atoms with Gasteiger partial charge in [0, 0.05) is 30.9 Å². The predicted octanol–water partition coefficient (Wildman–Crippen LogP) is 3.95. The van der Waals surface area contributed by atoms with Crippen LogP contribution in [0.5, 0.6) is 0 Å². The topological polar surface area (TPSA) is 76.9 Å². The van der Waals surface area contributed by atoms with Crippen LogP contribution in [0.3, 0.4) is 0 Å². The zero-order valence-electron chi connectivity index (χ0n) is 15.9. The molecule has 0 amide bonds. The summed E-state index contributed by atoms with van der Waals surface area (Å²) in [6.45, 7) is 4.37. The Morgan fingerprint density at radius 2 is 2.00 bits per heavy atom. The lowest BCUT2D eigenvalue weighted by atomic mass is 10.1. The number of benzene rings is 1. The Hall–Kier alpha value is -2.52. The number of halogens is 1. The van der Waals surface area contributed by atoms with Gasteiger partial charge in [-0.3, -0.25) is 4.68 Å². The van der Waals surface area contributed by atoms with Gasteiger partial charge < -0.3 is 5.32 Å². The van der Waals surface area contributed by atoms with Crippen LogP contribution in [-0.2, 0) is 23.4 Å². The molecule has 0 saturated heterocycles. The van der Waals surface area contributed by atoms with Crippen molar-refractivity contribution in [3.8, 4) is 0 Å². The molecule has 6 nitrogen and oxygen atoms in total. The first kappa shape index (κ1) is 18.8. The van der Waals surface area contributed by atoms with E-state index in [0.717, 1.165) is 37.9 Å². The third kappa shape index (κ3) is 3.14. The highest BCUT2D eigenvalue weighted by atomic mass is 32.2. The molecule has 0 spiro atoms. The summed E-state index contributed by atoms with van der Waals surface area (Å²) in [7, 11) is -1.69. The molecule has 3 heterocycles. The van der Waals surface area contributed by atoms with E-state index < -0.39 is 15.7 Å². The largest absolute Gasteiger partial charge is 0.363 e. The zero-order chi connectivity index (χ0) is 20.2. The molecule has 0 aliphatic heterocycles. The molecule has 0 bridgehead atoms. The Morgan fingerprint density at radius 3 is 2.68 bits per heavy atom. The fourth-order valence-electron chi connectivity index (χ4n) is 3.39. The van der Waals surface area contributed by atoms with E-state index in [-0.39, 0.29) is 4.90 Å². The first-order chi connectivity index (χ1) is 13.1. The van der Waals surface area contributed by atoms with E-state index in [1.165, 1.54) is 12.1 Å². The van der Waals surface area contributed by atoms with Gasteiger partial charge in [0.15, 0.2) is 15.7 Å². The van der Waals surface area contributed by atoms with Crippen molar-refractivity contribution in [2.24, 2.45) is 7.05 Å². The monoisotopic (exact) mass is 418 g/mol. The maximum atomic E-state index is 14.1. The number of fused-ring (bicyclic) bond motifs is 3. The highest BCUT2D eigenvalue weighted by molar-refractivity contribution is 7.90. The van der Waals surface area contributed by atoms with E-state index in [9.17, 15) is 12.8 Å². The van der Waals surface area contributed by atoms with E-state index in [4.69, 9.17) is 0 Å². The van der Waals surface area contributed by atoms with Crippen LogP contribution >= 0.6 is 11.3 Å². The van der Waals surface area contributed by atoms with Crippen molar-refractivity contribution in [3.63, 3.8) is 0 Å². The van der Waals surface area contributed by atoms with Crippen LogP contribution in [0.15, 0.2) is 29.2 Å². The number of rotatable bonds is 4. The van der Waals surface area contributed by atoms with Gasteiger partial charge in [-0.2, -0.15) is 5.10 Å². The first-order valence-electron chi connectivity index (χ1n) is 8.61. The highest BCUT2D eigenvalue weighted by Crippen LogP contribution is 2.38. The number of thiophene rings is 1. The van der Waals surface area contributed by atoms with Crippen LogP contribution in [0, 0.1) is 19.7 Å². The van der Waals surface area contributed by atoms with Crippen molar-refractivity contribution in [3.05, 3.63) is 46.9 Å². The minimum atomic E-state index is -3.58. The van der Waals surface area contributed by atoms with Gasteiger partial charge in [-0.1, -0.05) is 6.07 Å². The van der Waals surface area contributed by atoms with Crippen LogP contribution in [0.2, 0.25) is 0 Å². The number of hydrogen-bond donors (Lipinski definition) is 1. The van der Waals surface area contributed by atoms with Gasteiger partial charge >= 0.3 is 0 Å². The van der Waals surface area contributed by atoms with Crippen molar-refractivity contribution >= 4 is 47.4 Å². The molecular formula is C19H19FN4O2S2. The molecule has 4 rings (SSSR count). The molecule has 0 saturated carbocycles. The summed E-state index contributed by atoms with van der Waals surface area (Å²) in [5.41, 5.74) is 3.78. The number of aromatic nitrogens is 3. The lowest BCUT2D eigenvalue weighted by Crippen LogP contribution is -2.05. The lowest BCUT2D eigenvalue weighted by Gasteiger charge is -2.06. The van der Waals surface area contributed by atoms with Crippen LogP contribution in [0.1, 0.15) is 16.8 Å². The Balaban J connectivity index is 1.69. The van der Waals surface area contributed by atoms with Crippen LogP contribution in [0.25, 0.3) is 20.4 Å². The molecule has 0 radical (unpaired) electrons. The molecule has 9 heteroatoms. The average molecular weight is 419 g/mol. The number of nitrogens with one attached hydrogen (secondary N) is 1. The molecule has 1 aromatic carbocycles. The van der Waals surface area contributed by atoms with Crippen molar-refractivity contribution in [1.82, 2.24) is 14.8 Å². The van der Waals surface area contributed by atoms with Crippen molar-refractivity contribution < 1.29 is 12.8 Å². The van der Waals surface area contributed by atoms with Gasteiger partial charge in [-0.25, -0.2) is 17.8 Å². The normalized spacial score (nSPS) is 12.2. The highest BCUT2D eigenvalue weighted by Gasteiger charge is 2.18.